The summed E-state index contributed by atoms with van der Waals surface area (Å²) in [5.74, 6) is 1.36. The average molecular weight is 396 g/mol. The maximum atomic E-state index is 14.0. The highest BCUT2D eigenvalue weighted by molar-refractivity contribution is 5.45. The molecule has 0 radical (unpaired) electrons. The van der Waals surface area contributed by atoms with Gasteiger partial charge in [0.1, 0.15) is 5.82 Å². The largest absolute Gasteiger partial charge is 0.303 e. The molecule has 1 nitrogen and oxygen atoms in total. The zero-order valence-corrected chi connectivity index (χ0v) is 18.8. The third-order valence-electron chi connectivity index (χ3n) is 6.71. The molecule has 29 heavy (non-hydrogen) atoms. The van der Waals surface area contributed by atoms with E-state index in [1.54, 1.807) is 12.1 Å². The number of likely N-dealkylation sites (tertiary alicyclic amines) is 1. The van der Waals surface area contributed by atoms with Gasteiger partial charge in [0.2, 0.25) is 0 Å². The molecule has 2 aromatic rings. The first kappa shape index (κ1) is 22.0. The van der Waals surface area contributed by atoms with Gasteiger partial charge in [-0.25, -0.2) is 4.39 Å². The van der Waals surface area contributed by atoms with Crippen molar-refractivity contribution in [1.29, 1.82) is 0 Å². The highest BCUT2D eigenvalue weighted by Crippen LogP contribution is 2.43. The number of fused-ring (bicyclic) bond motifs is 2. The van der Waals surface area contributed by atoms with Crippen molar-refractivity contribution in [3.05, 3.63) is 70.5 Å². The van der Waals surface area contributed by atoms with Crippen molar-refractivity contribution in [2.45, 2.75) is 71.6 Å². The lowest BCUT2D eigenvalue weighted by atomic mass is 9.77. The first-order chi connectivity index (χ1) is 14.1. The summed E-state index contributed by atoms with van der Waals surface area (Å²) in [5, 5.41) is 0. The third kappa shape index (κ3) is 5.28. The SMILES string of the molecule is CC.CC1c2cc(F)ccc2Cc2ccccc2C1C[C@@H](C)CN1CCCCC1. The van der Waals surface area contributed by atoms with E-state index in [1.807, 2.05) is 19.9 Å². The Bertz CT molecular complexity index is 778. The molecule has 4 rings (SSSR count). The van der Waals surface area contributed by atoms with Crippen molar-refractivity contribution < 1.29 is 4.39 Å². The molecule has 1 aliphatic heterocycles. The molecule has 2 aliphatic rings. The molecule has 3 atom stereocenters. The van der Waals surface area contributed by atoms with Crippen LogP contribution in [0.3, 0.4) is 0 Å². The van der Waals surface area contributed by atoms with Gasteiger partial charge in [-0.15, -0.1) is 0 Å². The van der Waals surface area contributed by atoms with Crippen LogP contribution in [0.5, 0.6) is 0 Å². The van der Waals surface area contributed by atoms with Gasteiger partial charge in [0.15, 0.2) is 0 Å². The van der Waals surface area contributed by atoms with Gasteiger partial charge in [-0.2, -0.15) is 0 Å². The summed E-state index contributed by atoms with van der Waals surface area (Å²) in [7, 11) is 0. The Labute approximate surface area is 177 Å². The first-order valence-corrected chi connectivity index (χ1v) is 11.7. The standard InChI is InChI=1S/C25H32FN.C2H6/c1-18(17-27-12-6-3-7-13-27)14-25-19(2)24-16-22(26)11-10-21(24)15-20-8-4-5-9-23(20)25;1-2/h4-5,8-11,16,18-19,25H,3,6-7,12-15,17H2,1-2H3;1-2H3/t18-,19?,25?;/m1./s1. The predicted octanol–water partition coefficient (Wildman–Crippen LogP) is 7.16. The van der Waals surface area contributed by atoms with E-state index >= 15 is 0 Å². The van der Waals surface area contributed by atoms with Crippen molar-refractivity contribution in [2.24, 2.45) is 5.92 Å². The van der Waals surface area contributed by atoms with Crippen LogP contribution in [0.25, 0.3) is 0 Å². The molecule has 2 unspecified atom stereocenters. The van der Waals surface area contributed by atoms with Crippen molar-refractivity contribution in [3.8, 4) is 0 Å². The molecule has 0 bridgehead atoms. The van der Waals surface area contributed by atoms with Gasteiger partial charge in [0.25, 0.3) is 0 Å². The summed E-state index contributed by atoms with van der Waals surface area (Å²) < 4.78 is 14.0. The van der Waals surface area contributed by atoms with Crippen LogP contribution < -0.4 is 0 Å². The van der Waals surface area contributed by atoms with E-state index in [2.05, 4.69) is 43.0 Å². The second kappa shape index (κ2) is 10.4. The van der Waals surface area contributed by atoms with Crippen LogP contribution in [0.2, 0.25) is 0 Å². The lowest BCUT2D eigenvalue weighted by molar-refractivity contribution is 0.191. The number of halogens is 1. The Morgan fingerprint density at radius 2 is 1.66 bits per heavy atom. The van der Waals surface area contributed by atoms with E-state index in [4.69, 9.17) is 0 Å². The lowest BCUT2D eigenvalue weighted by Crippen LogP contribution is -2.34. The average Bonchev–Trinajstić information content (AvgIpc) is 2.86. The van der Waals surface area contributed by atoms with E-state index in [0.717, 1.165) is 6.42 Å². The number of rotatable bonds is 4. The maximum Gasteiger partial charge on any atom is 0.123 e. The number of hydrogen-bond acceptors (Lipinski definition) is 1. The van der Waals surface area contributed by atoms with Crippen LogP contribution in [0.1, 0.15) is 87.5 Å². The van der Waals surface area contributed by atoms with Crippen LogP contribution in [-0.2, 0) is 6.42 Å². The molecule has 2 aromatic carbocycles. The Morgan fingerprint density at radius 3 is 2.41 bits per heavy atom. The predicted molar refractivity (Wildman–Crippen MR) is 122 cm³/mol. The number of piperidine rings is 1. The minimum absolute atomic E-state index is 0.105. The topological polar surface area (TPSA) is 3.24 Å². The first-order valence-electron chi connectivity index (χ1n) is 11.7. The fraction of sp³-hybridized carbons (Fsp3) is 0.556. The van der Waals surface area contributed by atoms with E-state index in [-0.39, 0.29) is 5.82 Å². The Hall–Kier alpha value is -1.67. The van der Waals surface area contributed by atoms with Crippen molar-refractivity contribution in [2.75, 3.05) is 19.6 Å². The molecular weight excluding hydrogens is 357 g/mol. The second-order valence-corrected chi connectivity index (χ2v) is 8.82. The molecule has 1 saturated heterocycles. The number of nitrogens with zero attached hydrogens (tertiary/aromatic N) is 1. The lowest BCUT2D eigenvalue weighted by Gasteiger charge is -2.32. The summed E-state index contributed by atoms with van der Waals surface area (Å²) in [4.78, 5) is 2.65. The van der Waals surface area contributed by atoms with Gasteiger partial charge in [-0.3, -0.25) is 0 Å². The Balaban J connectivity index is 0.00000117. The zero-order valence-electron chi connectivity index (χ0n) is 18.8. The molecule has 1 fully saturated rings. The van der Waals surface area contributed by atoms with Crippen LogP contribution in [0.15, 0.2) is 42.5 Å². The summed E-state index contributed by atoms with van der Waals surface area (Å²) in [6.07, 6.45) is 6.18. The maximum absolute atomic E-state index is 14.0. The smallest absolute Gasteiger partial charge is 0.123 e. The quantitative estimate of drug-likeness (QED) is 0.531. The molecule has 2 heteroatoms. The summed E-state index contributed by atoms with van der Waals surface area (Å²) >= 11 is 0. The minimum atomic E-state index is -0.105. The van der Waals surface area contributed by atoms with Crippen molar-refractivity contribution >= 4 is 0 Å². The molecule has 1 aliphatic carbocycles. The van der Waals surface area contributed by atoms with Gasteiger partial charge >= 0.3 is 0 Å². The zero-order chi connectivity index (χ0) is 20.8. The van der Waals surface area contributed by atoms with Crippen molar-refractivity contribution in [1.82, 2.24) is 4.90 Å². The van der Waals surface area contributed by atoms with Crippen LogP contribution >= 0.6 is 0 Å². The van der Waals surface area contributed by atoms with Gasteiger partial charge in [0.05, 0.1) is 0 Å². The van der Waals surface area contributed by atoms with Gasteiger partial charge in [-0.05, 0) is 90.9 Å². The molecule has 158 valence electrons. The van der Waals surface area contributed by atoms with E-state index in [9.17, 15) is 4.39 Å². The highest BCUT2D eigenvalue weighted by Gasteiger charge is 2.30. The molecule has 0 aromatic heterocycles. The van der Waals surface area contributed by atoms with Gasteiger partial charge in [-0.1, -0.05) is 64.4 Å². The number of benzene rings is 2. The second-order valence-electron chi connectivity index (χ2n) is 8.82. The minimum Gasteiger partial charge on any atom is -0.303 e. The molecular formula is C27H38FN. The van der Waals surface area contributed by atoms with E-state index in [1.165, 1.54) is 67.6 Å². The fourth-order valence-corrected chi connectivity index (χ4v) is 5.32. The molecule has 0 spiro atoms. The van der Waals surface area contributed by atoms with Crippen molar-refractivity contribution in [3.63, 3.8) is 0 Å². The highest BCUT2D eigenvalue weighted by atomic mass is 19.1. The Kier molecular flexibility index (Phi) is 7.89. The van der Waals surface area contributed by atoms with Gasteiger partial charge < -0.3 is 4.90 Å². The van der Waals surface area contributed by atoms with Crippen LogP contribution in [0.4, 0.5) is 4.39 Å². The summed E-state index contributed by atoms with van der Waals surface area (Å²) in [6.45, 7) is 12.4. The normalized spacial score (nSPS) is 22.5. The van der Waals surface area contributed by atoms with Gasteiger partial charge in [0, 0.05) is 6.54 Å². The summed E-state index contributed by atoms with van der Waals surface area (Å²) in [6, 6.07) is 14.3. The van der Waals surface area contributed by atoms with Crippen LogP contribution in [0, 0.1) is 11.7 Å². The molecule has 0 N–H and O–H groups in total. The monoisotopic (exact) mass is 395 g/mol. The third-order valence-corrected chi connectivity index (χ3v) is 6.71. The van der Waals surface area contributed by atoms with E-state index in [0.29, 0.717) is 17.8 Å². The molecule has 1 heterocycles. The van der Waals surface area contributed by atoms with Crippen LogP contribution in [-0.4, -0.2) is 24.5 Å². The molecule has 0 saturated carbocycles. The van der Waals surface area contributed by atoms with E-state index < -0.39 is 0 Å². The Morgan fingerprint density at radius 1 is 0.966 bits per heavy atom. The number of hydrogen-bond donors (Lipinski definition) is 0. The summed E-state index contributed by atoms with van der Waals surface area (Å²) in [5.41, 5.74) is 5.40. The fourth-order valence-electron chi connectivity index (χ4n) is 5.32. The molecule has 0 amide bonds.